The van der Waals surface area contributed by atoms with Crippen LogP contribution in [0.5, 0.6) is 0 Å². The second-order valence-corrected chi connectivity index (χ2v) is 6.95. The van der Waals surface area contributed by atoms with Crippen molar-refractivity contribution < 1.29 is 0 Å². The molecule has 3 rings (SSSR count). The number of nitriles is 1. The topological polar surface area (TPSA) is 35.8 Å². The Hall–Kier alpha value is -0.200. The van der Waals surface area contributed by atoms with Crippen molar-refractivity contribution in [1.29, 1.82) is 5.26 Å². The van der Waals surface area contributed by atoms with Gasteiger partial charge in [0.2, 0.25) is 0 Å². The number of nitrogens with one attached hydrogen (secondary N) is 1. The number of hydrogen-bond acceptors (Lipinski definition) is 3. The summed E-state index contributed by atoms with van der Waals surface area (Å²) in [4.78, 5) is 0. The van der Waals surface area contributed by atoms with Gasteiger partial charge in [-0.05, 0) is 25.7 Å². The van der Waals surface area contributed by atoms with E-state index in [9.17, 15) is 5.26 Å². The van der Waals surface area contributed by atoms with E-state index < -0.39 is 0 Å². The Kier molecular flexibility index (Phi) is 3.13. The van der Waals surface area contributed by atoms with Gasteiger partial charge in [-0.3, -0.25) is 0 Å². The molecule has 5 atom stereocenters. The van der Waals surface area contributed by atoms with Crippen LogP contribution >= 0.6 is 11.8 Å². The molecule has 0 spiro atoms. The fourth-order valence-corrected chi connectivity index (χ4v) is 5.50. The molecular weight excluding hydrogens is 216 g/mol. The van der Waals surface area contributed by atoms with E-state index in [0.29, 0.717) is 12.1 Å². The minimum Gasteiger partial charge on any atom is -0.308 e. The molecule has 16 heavy (non-hydrogen) atoms. The van der Waals surface area contributed by atoms with Gasteiger partial charge in [0.1, 0.15) is 0 Å². The van der Waals surface area contributed by atoms with E-state index in [0.717, 1.165) is 16.9 Å². The summed E-state index contributed by atoms with van der Waals surface area (Å²) in [7, 11) is 0. The Bertz CT molecular complexity index is 299. The van der Waals surface area contributed by atoms with Crippen LogP contribution < -0.4 is 5.32 Å². The molecule has 3 fully saturated rings. The highest BCUT2D eigenvalue weighted by Gasteiger charge is 2.43. The van der Waals surface area contributed by atoms with E-state index >= 15 is 0 Å². The Labute approximate surface area is 102 Å². The monoisotopic (exact) mass is 236 g/mol. The maximum Gasteiger partial charge on any atom is 0.0672 e. The molecule has 2 saturated carbocycles. The minimum absolute atomic E-state index is 0.272. The van der Waals surface area contributed by atoms with Crippen LogP contribution in [0.25, 0.3) is 0 Å². The van der Waals surface area contributed by atoms with Crippen LogP contribution in [0.3, 0.4) is 0 Å². The Morgan fingerprint density at radius 3 is 2.69 bits per heavy atom. The highest BCUT2D eigenvalue weighted by atomic mass is 32.2. The van der Waals surface area contributed by atoms with Gasteiger partial charge in [-0.15, -0.1) is 0 Å². The molecular formula is C13H20N2S. The van der Waals surface area contributed by atoms with Crippen molar-refractivity contribution in [2.45, 2.75) is 67.5 Å². The van der Waals surface area contributed by atoms with Gasteiger partial charge in [0.25, 0.3) is 0 Å². The predicted molar refractivity (Wildman–Crippen MR) is 67.3 cm³/mol. The lowest BCUT2D eigenvalue weighted by Crippen LogP contribution is -2.58. The highest BCUT2D eigenvalue weighted by molar-refractivity contribution is 8.00. The molecule has 0 amide bonds. The average molecular weight is 236 g/mol. The standard InChI is InChI=1S/C13H20N2S/c14-8-9-4-3-7-12-13(9)15-10-5-1-2-6-11(10)16-12/h9-13,15H,1-7H2. The molecule has 1 heterocycles. The summed E-state index contributed by atoms with van der Waals surface area (Å²) in [6, 6.07) is 3.71. The van der Waals surface area contributed by atoms with Crippen molar-refractivity contribution in [3.05, 3.63) is 0 Å². The molecule has 2 aliphatic carbocycles. The third-order valence-corrected chi connectivity index (χ3v) is 6.25. The Balaban J connectivity index is 1.74. The molecule has 3 aliphatic rings. The number of nitrogens with zero attached hydrogens (tertiary/aromatic N) is 1. The minimum atomic E-state index is 0.272. The molecule has 2 nitrogen and oxygen atoms in total. The first-order valence-electron chi connectivity index (χ1n) is 6.69. The van der Waals surface area contributed by atoms with E-state index in [1.165, 1.54) is 38.5 Å². The zero-order valence-corrected chi connectivity index (χ0v) is 10.5. The van der Waals surface area contributed by atoms with Gasteiger partial charge in [0.15, 0.2) is 0 Å². The summed E-state index contributed by atoms with van der Waals surface area (Å²) < 4.78 is 0. The van der Waals surface area contributed by atoms with Crippen LogP contribution in [0.4, 0.5) is 0 Å². The molecule has 1 N–H and O–H groups in total. The SMILES string of the molecule is N#CC1CCCC2SC3CCCCC3NC12. The number of fused-ring (bicyclic) bond motifs is 2. The first-order valence-corrected chi connectivity index (χ1v) is 7.64. The van der Waals surface area contributed by atoms with E-state index in [4.69, 9.17) is 0 Å². The largest absolute Gasteiger partial charge is 0.308 e. The summed E-state index contributed by atoms with van der Waals surface area (Å²) in [6.45, 7) is 0. The second-order valence-electron chi connectivity index (χ2n) is 5.46. The van der Waals surface area contributed by atoms with Gasteiger partial charge < -0.3 is 5.32 Å². The molecule has 5 unspecified atom stereocenters. The molecule has 0 radical (unpaired) electrons. The molecule has 0 aromatic carbocycles. The van der Waals surface area contributed by atoms with Crippen LogP contribution in [0.1, 0.15) is 44.9 Å². The van der Waals surface area contributed by atoms with Crippen molar-refractivity contribution in [2.75, 3.05) is 0 Å². The van der Waals surface area contributed by atoms with Crippen LogP contribution in [0.2, 0.25) is 0 Å². The summed E-state index contributed by atoms with van der Waals surface area (Å²) >= 11 is 2.20. The summed E-state index contributed by atoms with van der Waals surface area (Å²) in [5.41, 5.74) is 0. The van der Waals surface area contributed by atoms with E-state index in [1.54, 1.807) is 0 Å². The van der Waals surface area contributed by atoms with E-state index in [-0.39, 0.29) is 5.92 Å². The summed E-state index contributed by atoms with van der Waals surface area (Å²) in [5, 5.41) is 14.6. The molecule has 1 saturated heterocycles. The van der Waals surface area contributed by atoms with Gasteiger partial charge >= 0.3 is 0 Å². The van der Waals surface area contributed by atoms with Gasteiger partial charge in [0.05, 0.1) is 12.0 Å². The van der Waals surface area contributed by atoms with Crippen LogP contribution in [0.15, 0.2) is 0 Å². The lowest BCUT2D eigenvalue weighted by atomic mass is 9.83. The van der Waals surface area contributed by atoms with Crippen molar-refractivity contribution in [2.24, 2.45) is 5.92 Å². The number of thioether (sulfide) groups is 1. The summed E-state index contributed by atoms with van der Waals surface area (Å²) in [5.74, 6) is 0.272. The van der Waals surface area contributed by atoms with Crippen molar-refractivity contribution in [3.63, 3.8) is 0 Å². The van der Waals surface area contributed by atoms with Gasteiger partial charge in [-0.1, -0.05) is 19.3 Å². The van der Waals surface area contributed by atoms with Crippen molar-refractivity contribution >= 4 is 11.8 Å². The van der Waals surface area contributed by atoms with E-state index in [1.807, 2.05) is 0 Å². The molecule has 3 heteroatoms. The number of rotatable bonds is 0. The van der Waals surface area contributed by atoms with Crippen molar-refractivity contribution in [1.82, 2.24) is 5.32 Å². The molecule has 88 valence electrons. The second kappa shape index (κ2) is 4.58. The van der Waals surface area contributed by atoms with Gasteiger partial charge in [-0.2, -0.15) is 17.0 Å². The molecule has 0 bridgehead atoms. The highest BCUT2D eigenvalue weighted by Crippen LogP contribution is 2.43. The van der Waals surface area contributed by atoms with Crippen LogP contribution in [0, 0.1) is 17.2 Å². The average Bonchev–Trinajstić information content (AvgIpc) is 2.35. The number of hydrogen-bond donors (Lipinski definition) is 1. The lowest BCUT2D eigenvalue weighted by molar-refractivity contribution is 0.250. The fourth-order valence-electron chi connectivity index (χ4n) is 3.60. The van der Waals surface area contributed by atoms with E-state index in [2.05, 4.69) is 23.1 Å². The lowest BCUT2D eigenvalue weighted by Gasteiger charge is -2.47. The zero-order chi connectivity index (χ0) is 11.0. The third-order valence-electron chi connectivity index (χ3n) is 4.46. The quantitative estimate of drug-likeness (QED) is 0.702. The van der Waals surface area contributed by atoms with Crippen LogP contribution in [-0.2, 0) is 0 Å². The Morgan fingerprint density at radius 2 is 1.81 bits per heavy atom. The first kappa shape index (κ1) is 10.9. The van der Waals surface area contributed by atoms with Gasteiger partial charge in [-0.25, -0.2) is 0 Å². The third kappa shape index (κ3) is 1.87. The first-order chi connectivity index (χ1) is 7.88. The van der Waals surface area contributed by atoms with Crippen LogP contribution in [-0.4, -0.2) is 22.6 Å². The maximum absolute atomic E-state index is 9.23. The fraction of sp³-hybridized carbons (Fsp3) is 0.923. The molecule has 1 aliphatic heterocycles. The maximum atomic E-state index is 9.23. The molecule has 0 aromatic rings. The predicted octanol–water partition coefficient (Wildman–Crippen LogP) is 2.69. The van der Waals surface area contributed by atoms with Crippen molar-refractivity contribution in [3.8, 4) is 6.07 Å². The summed E-state index contributed by atoms with van der Waals surface area (Å²) in [6.07, 6.45) is 9.21. The smallest absolute Gasteiger partial charge is 0.0672 e. The van der Waals surface area contributed by atoms with Gasteiger partial charge in [0, 0.05) is 22.6 Å². The zero-order valence-electron chi connectivity index (χ0n) is 9.69. The normalized spacial score (nSPS) is 47.6. The molecule has 0 aromatic heterocycles. The Morgan fingerprint density at radius 1 is 1.00 bits per heavy atom.